The molecular formula is C18H30N2O4. The molecule has 0 unspecified atom stereocenters. The molecule has 0 aliphatic carbocycles. The third kappa shape index (κ3) is 6.72. The zero-order valence-electron chi connectivity index (χ0n) is 15.7. The van der Waals surface area contributed by atoms with Crippen LogP contribution in [0.2, 0.25) is 0 Å². The van der Waals surface area contributed by atoms with Crippen LogP contribution in [-0.2, 0) is 16.1 Å². The second-order valence-corrected chi connectivity index (χ2v) is 7.51. The Morgan fingerprint density at radius 3 is 2.58 bits per heavy atom. The Balaban J connectivity index is 2.70. The summed E-state index contributed by atoms with van der Waals surface area (Å²) >= 11 is 0. The van der Waals surface area contributed by atoms with Gasteiger partial charge in [0.2, 0.25) is 11.8 Å². The van der Waals surface area contributed by atoms with Gasteiger partial charge in [-0.05, 0) is 24.2 Å². The normalized spacial score (nSPS) is 12.8. The molecule has 0 bridgehead atoms. The molecule has 0 aliphatic heterocycles. The first kappa shape index (κ1) is 20.2. The summed E-state index contributed by atoms with van der Waals surface area (Å²) < 4.78 is 9.90. The Morgan fingerprint density at radius 2 is 2.04 bits per heavy atom. The average molecular weight is 338 g/mol. The van der Waals surface area contributed by atoms with Gasteiger partial charge in [0.25, 0.3) is 0 Å². The van der Waals surface area contributed by atoms with E-state index in [9.17, 15) is 9.59 Å². The fourth-order valence-electron chi connectivity index (χ4n) is 2.85. The zero-order valence-corrected chi connectivity index (χ0v) is 15.7. The Bertz CT molecular complexity index is 545. The van der Waals surface area contributed by atoms with Crippen molar-refractivity contribution in [2.45, 2.75) is 60.4 Å². The van der Waals surface area contributed by atoms with Gasteiger partial charge in [0.1, 0.15) is 6.26 Å². The van der Waals surface area contributed by atoms with Crippen LogP contribution < -0.4 is 0 Å². The molecule has 0 aromatic carbocycles. The molecule has 1 aromatic heterocycles. The minimum absolute atomic E-state index is 0.0893. The van der Waals surface area contributed by atoms with Crippen LogP contribution in [0.3, 0.4) is 0 Å². The lowest BCUT2D eigenvalue weighted by Gasteiger charge is -2.26. The fourth-order valence-corrected chi connectivity index (χ4v) is 2.85. The minimum Gasteiger partial charge on any atom is -0.464 e. The molecule has 6 heteroatoms. The summed E-state index contributed by atoms with van der Waals surface area (Å²) in [6, 6.07) is 0. The van der Waals surface area contributed by atoms with E-state index in [0.717, 1.165) is 12.8 Å². The second-order valence-electron chi connectivity index (χ2n) is 7.51. The van der Waals surface area contributed by atoms with Crippen molar-refractivity contribution in [3.8, 4) is 0 Å². The first-order valence-electron chi connectivity index (χ1n) is 8.46. The number of carbonyl (C=O) groups excluding carboxylic acids is 2. The molecule has 1 aromatic rings. The van der Waals surface area contributed by atoms with Crippen LogP contribution in [0.4, 0.5) is 0 Å². The van der Waals surface area contributed by atoms with E-state index in [4.69, 9.17) is 4.42 Å². The van der Waals surface area contributed by atoms with E-state index in [-0.39, 0.29) is 23.6 Å². The van der Waals surface area contributed by atoms with Crippen LogP contribution in [0.15, 0.2) is 10.7 Å². The lowest BCUT2D eigenvalue weighted by atomic mass is 9.84. The number of carbonyl (C=O) groups is 2. The van der Waals surface area contributed by atoms with Gasteiger partial charge in [-0.3, -0.25) is 4.79 Å². The molecule has 6 nitrogen and oxygen atoms in total. The standard InChI is InChI=1S/C18H30N2O4/c1-7-8-20(16(21)9-13(2)10-18(3,4)5)11-15-19-14(12-24-15)17(22)23-6/h12-13H,7-11H2,1-6H3/t13-/m0/s1. The van der Waals surface area contributed by atoms with Crippen LogP contribution >= 0.6 is 0 Å². The van der Waals surface area contributed by atoms with Crippen molar-refractivity contribution in [1.29, 1.82) is 0 Å². The van der Waals surface area contributed by atoms with Gasteiger partial charge in [-0.15, -0.1) is 0 Å². The molecule has 0 saturated heterocycles. The summed E-state index contributed by atoms with van der Waals surface area (Å²) in [5, 5.41) is 0. The molecule has 24 heavy (non-hydrogen) atoms. The molecule has 0 aliphatic rings. The van der Waals surface area contributed by atoms with Crippen molar-refractivity contribution in [3.63, 3.8) is 0 Å². The fraction of sp³-hybridized carbons (Fsp3) is 0.722. The highest BCUT2D eigenvalue weighted by Gasteiger charge is 2.22. The summed E-state index contributed by atoms with van der Waals surface area (Å²) in [6.45, 7) is 11.6. The maximum absolute atomic E-state index is 12.6. The number of aromatic nitrogens is 1. The number of esters is 1. The number of ether oxygens (including phenoxy) is 1. The second kappa shape index (κ2) is 8.85. The number of hydrogen-bond donors (Lipinski definition) is 0. The van der Waals surface area contributed by atoms with E-state index < -0.39 is 5.97 Å². The van der Waals surface area contributed by atoms with Crippen molar-refractivity contribution in [1.82, 2.24) is 9.88 Å². The third-order valence-corrected chi connectivity index (χ3v) is 3.60. The minimum atomic E-state index is -0.544. The number of hydrogen-bond acceptors (Lipinski definition) is 5. The molecule has 0 saturated carbocycles. The monoisotopic (exact) mass is 338 g/mol. The highest BCUT2D eigenvalue weighted by Crippen LogP contribution is 2.26. The molecule has 0 fully saturated rings. The van der Waals surface area contributed by atoms with Crippen LogP contribution in [0, 0.1) is 11.3 Å². The number of amides is 1. The van der Waals surface area contributed by atoms with Gasteiger partial charge >= 0.3 is 5.97 Å². The first-order valence-corrected chi connectivity index (χ1v) is 8.46. The van der Waals surface area contributed by atoms with Crippen LogP contribution in [0.25, 0.3) is 0 Å². The Kier molecular flexibility index (Phi) is 7.45. The van der Waals surface area contributed by atoms with Crippen molar-refractivity contribution in [2.75, 3.05) is 13.7 Å². The van der Waals surface area contributed by atoms with Gasteiger partial charge in [-0.1, -0.05) is 34.6 Å². The van der Waals surface area contributed by atoms with Crippen molar-refractivity contribution in [3.05, 3.63) is 17.8 Å². The van der Waals surface area contributed by atoms with Gasteiger partial charge in [-0.25, -0.2) is 9.78 Å². The first-order chi connectivity index (χ1) is 11.2. The van der Waals surface area contributed by atoms with Gasteiger partial charge in [0, 0.05) is 13.0 Å². The maximum atomic E-state index is 12.6. The number of rotatable bonds is 8. The zero-order chi connectivity index (χ0) is 18.3. The smallest absolute Gasteiger partial charge is 0.360 e. The topological polar surface area (TPSA) is 72.6 Å². The lowest BCUT2D eigenvalue weighted by Crippen LogP contribution is -2.33. The molecule has 136 valence electrons. The van der Waals surface area contributed by atoms with Crippen molar-refractivity contribution in [2.24, 2.45) is 11.3 Å². The quantitative estimate of drug-likeness (QED) is 0.676. The molecule has 1 atom stereocenters. The highest BCUT2D eigenvalue weighted by atomic mass is 16.5. The summed E-state index contributed by atoms with van der Waals surface area (Å²) in [5.41, 5.74) is 0.324. The number of methoxy groups -OCH3 is 1. The van der Waals surface area contributed by atoms with Crippen LogP contribution in [0.1, 0.15) is 70.3 Å². The Labute approximate surface area is 144 Å². The predicted octanol–water partition coefficient (Wildman–Crippen LogP) is 3.66. The molecule has 0 radical (unpaired) electrons. The predicted molar refractivity (Wildman–Crippen MR) is 91.4 cm³/mol. The molecular weight excluding hydrogens is 308 g/mol. The third-order valence-electron chi connectivity index (χ3n) is 3.60. The average Bonchev–Trinajstić information content (AvgIpc) is 2.92. The van der Waals surface area contributed by atoms with Gasteiger partial charge in [-0.2, -0.15) is 0 Å². The molecule has 0 spiro atoms. The summed E-state index contributed by atoms with van der Waals surface area (Å²) in [7, 11) is 1.29. The largest absolute Gasteiger partial charge is 0.464 e. The maximum Gasteiger partial charge on any atom is 0.360 e. The number of nitrogens with zero attached hydrogens (tertiary/aromatic N) is 2. The Morgan fingerprint density at radius 1 is 1.38 bits per heavy atom. The van der Waals surface area contributed by atoms with E-state index in [1.807, 2.05) is 6.92 Å². The molecule has 1 heterocycles. The van der Waals surface area contributed by atoms with Crippen molar-refractivity contribution >= 4 is 11.9 Å². The molecule has 1 rings (SSSR count). The SMILES string of the molecule is CCCN(Cc1nc(C(=O)OC)co1)C(=O)C[C@H](C)CC(C)(C)C. The van der Waals surface area contributed by atoms with E-state index in [1.54, 1.807) is 4.90 Å². The summed E-state index contributed by atoms with van der Waals surface area (Å²) in [4.78, 5) is 29.9. The summed E-state index contributed by atoms with van der Waals surface area (Å²) in [5.74, 6) is 0.205. The van der Waals surface area contributed by atoms with E-state index in [2.05, 4.69) is 37.4 Å². The van der Waals surface area contributed by atoms with E-state index in [0.29, 0.717) is 24.8 Å². The van der Waals surface area contributed by atoms with Crippen LogP contribution in [-0.4, -0.2) is 35.4 Å². The van der Waals surface area contributed by atoms with E-state index in [1.165, 1.54) is 13.4 Å². The number of oxazole rings is 1. The highest BCUT2D eigenvalue weighted by molar-refractivity contribution is 5.86. The lowest BCUT2D eigenvalue weighted by molar-refractivity contribution is -0.133. The van der Waals surface area contributed by atoms with Crippen LogP contribution in [0.5, 0.6) is 0 Å². The van der Waals surface area contributed by atoms with Gasteiger partial charge < -0.3 is 14.1 Å². The van der Waals surface area contributed by atoms with Crippen molar-refractivity contribution < 1.29 is 18.7 Å². The molecule has 0 N–H and O–H groups in total. The summed E-state index contributed by atoms with van der Waals surface area (Å²) in [6.07, 6.45) is 3.61. The van der Waals surface area contributed by atoms with Gasteiger partial charge in [0.15, 0.2) is 5.69 Å². The Hall–Kier alpha value is -1.85. The molecule has 1 amide bonds. The van der Waals surface area contributed by atoms with Gasteiger partial charge in [0.05, 0.1) is 13.7 Å². The van der Waals surface area contributed by atoms with E-state index >= 15 is 0 Å².